The molecule has 6 nitrogen and oxygen atoms in total. The summed E-state index contributed by atoms with van der Waals surface area (Å²) < 4.78 is 28.5. The Morgan fingerprint density at radius 1 is 1.59 bits per heavy atom. The third-order valence-electron chi connectivity index (χ3n) is 2.98. The van der Waals surface area contributed by atoms with Gasteiger partial charge >= 0.3 is 0 Å². The van der Waals surface area contributed by atoms with Crippen LogP contribution in [0.25, 0.3) is 0 Å². The predicted octanol–water partition coefficient (Wildman–Crippen LogP) is -0.241. The van der Waals surface area contributed by atoms with Gasteiger partial charge in [0, 0.05) is 25.8 Å². The van der Waals surface area contributed by atoms with Crippen molar-refractivity contribution in [2.75, 3.05) is 13.1 Å². The van der Waals surface area contributed by atoms with Gasteiger partial charge in [0.1, 0.15) is 5.82 Å². The summed E-state index contributed by atoms with van der Waals surface area (Å²) in [5.74, 6) is 0.687. The SMILES string of the molecule is Cc1nc(S(=O)(=O)N[C@H]2CCCNC2)cn1C. The lowest BCUT2D eigenvalue weighted by molar-refractivity contribution is 0.428. The van der Waals surface area contributed by atoms with Crippen LogP contribution in [0.15, 0.2) is 11.2 Å². The highest BCUT2D eigenvalue weighted by Gasteiger charge is 2.23. The van der Waals surface area contributed by atoms with Crippen molar-refractivity contribution in [1.29, 1.82) is 0 Å². The van der Waals surface area contributed by atoms with Crippen LogP contribution in [0, 0.1) is 6.92 Å². The topological polar surface area (TPSA) is 76.0 Å². The van der Waals surface area contributed by atoms with Crippen LogP contribution in [0.4, 0.5) is 0 Å². The van der Waals surface area contributed by atoms with E-state index in [-0.39, 0.29) is 11.1 Å². The van der Waals surface area contributed by atoms with E-state index in [0.717, 1.165) is 19.4 Å². The van der Waals surface area contributed by atoms with Crippen molar-refractivity contribution in [1.82, 2.24) is 19.6 Å². The molecule has 0 aliphatic carbocycles. The van der Waals surface area contributed by atoms with Gasteiger partial charge < -0.3 is 9.88 Å². The van der Waals surface area contributed by atoms with E-state index in [0.29, 0.717) is 12.4 Å². The Kier molecular flexibility index (Phi) is 3.50. The first-order valence-corrected chi connectivity index (χ1v) is 7.20. The fourth-order valence-electron chi connectivity index (χ4n) is 1.89. The lowest BCUT2D eigenvalue weighted by Crippen LogP contribution is -2.45. The molecule has 96 valence electrons. The van der Waals surface area contributed by atoms with Gasteiger partial charge in [0.2, 0.25) is 0 Å². The molecular formula is C10H18N4O2S. The number of sulfonamides is 1. The molecule has 2 N–H and O–H groups in total. The van der Waals surface area contributed by atoms with E-state index >= 15 is 0 Å². The molecule has 1 aliphatic rings. The summed E-state index contributed by atoms with van der Waals surface area (Å²) in [5.41, 5.74) is 0. The lowest BCUT2D eigenvalue weighted by Gasteiger charge is -2.23. The van der Waals surface area contributed by atoms with E-state index in [1.54, 1.807) is 18.5 Å². The Bertz CT molecular complexity index is 469. The molecule has 2 heterocycles. The van der Waals surface area contributed by atoms with E-state index in [1.165, 1.54) is 6.20 Å². The second kappa shape index (κ2) is 4.75. The van der Waals surface area contributed by atoms with Gasteiger partial charge in [-0.15, -0.1) is 0 Å². The molecule has 17 heavy (non-hydrogen) atoms. The molecule has 1 fully saturated rings. The van der Waals surface area contributed by atoms with Gasteiger partial charge in [0.15, 0.2) is 5.03 Å². The van der Waals surface area contributed by atoms with Crippen molar-refractivity contribution < 1.29 is 8.42 Å². The molecular weight excluding hydrogens is 240 g/mol. The minimum absolute atomic E-state index is 0.0314. The van der Waals surface area contributed by atoms with E-state index in [4.69, 9.17) is 0 Å². The van der Waals surface area contributed by atoms with Crippen molar-refractivity contribution >= 4 is 10.0 Å². The number of nitrogens with one attached hydrogen (secondary N) is 2. The first-order valence-electron chi connectivity index (χ1n) is 5.72. The van der Waals surface area contributed by atoms with Crippen LogP contribution in [-0.4, -0.2) is 37.1 Å². The molecule has 1 aliphatic heterocycles. The van der Waals surface area contributed by atoms with Crippen molar-refractivity contribution in [2.24, 2.45) is 7.05 Å². The summed E-state index contributed by atoms with van der Waals surface area (Å²) in [6.45, 7) is 3.42. The lowest BCUT2D eigenvalue weighted by atomic mass is 10.1. The van der Waals surface area contributed by atoms with Crippen molar-refractivity contribution in [2.45, 2.75) is 30.8 Å². The number of hydrogen-bond acceptors (Lipinski definition) is 4. The second-order valence-electron chi connectivity index (χ2n) is 4.40. The Morgan fingerprint density at radius 3 is 2.88 bits per heavy atom. The first kappa shape index (κ1) is 12.5. The molecule has 7 heteroatoms. The van der Waals surface area contributed by atoms with Gasteiger partial charge in [-0.1, -0.05) is 0 Å². The average molecular weight is 258 g/mol. The molecule has 0 bridgehead atoms. The van der Waals surface area contributed by atoms with Crippen LogP contribution < -0.4 is 10.0 Å². The Labute approximate surface area is 101 Å². The molecule has 1 aromatic rings. The summed E-state index contributed by atoms with van der Waals surface area (Å²) in [6.07, 6.45) is 3.40. The Hall–Kier alpha value is -0.920. The van der Waals surface area contributed by atoms with Crippen LogP contribution in [0.3, 0.4) is 0 Å². The van der Waals surface area contributed by atoms with Crippen molar-refractivity contribution in [3.05, 3.63) is 12.0 Å². The standard InChI is InChI=1S/C10H18N4O2S/c1-8-12-10(7-14(8)2)17(15,16)13-9-4-3-5-11-6-9/h7,9,11,13H,3-6H2,1-2H3/t9-/m0/s1. The molecule has 1 atom stereocenters. The number of imidazole rings is 1. The highest BCUT2D eigenvalue weighted by Crippen LogP contribution is 2.10. The number of piperidine rings is 1. The smallest absolute Gasteiger partial charge is 0.259 e. The molecule has 0 saturated carbocycles. The van der Waals surface area contributed by atoms with Gasteiger partial charge in [-0.2, -0.15) is 0 Å². The zero-order valence-electron chi connectivity index (χ0n) is 10.1. The molecule has 0 aromatic carbocycles. The summed E-state index contributed by atoms with van der Waals surface area (Å²) in [5, 5.41) is 3.27. The molecule has 2 rings (SSSR count). The Morgan fingerprint density at radius 2 is 2.35 bits per heavy atom. The van der Waals surface area contributed by atoms with E-state index in [2.05, 4.69) is 15.0 Å². The predicted molar refractivity (Wildman–Crippen MR) is 64.2 cm³/mol. The number of aromatic nitrogens is 2. The normalized spacial score (nSPS) is 21.6. The van der Waals surface area contributed by atoms with Crippen molar-refractivity contribution in [3.8, 4) is 0 Å². The van der Waals surface area contributed by atoms with E-state index in [9.17, 15) is 8.42 Å². The molecule has 0 radical (unpaired) electrons. The number of aryl methyl sites for hydroxylation is 2. The summed E-state index contributed by atoms with van der Waals surface area (Å²) in [7, 11) is -1.70. The fraction of sp³-hybridized carbons (Fsp3) is 0.700. The minimum Gasteiger partial charge on any atom is -0.337 e. The van der Waals surface area contributed by atoms with Gasteiger partial charge in [-0.25, -0.2) is 18.1 Å². The molecule has 1 aromatic heterocycles. The van der Waals surface area contributed by atoms with Gasteiger partial charge in [0.25, 0.3) is 10.0 Å². The number of nitrogens with zero attached hydrogens (tertiary/aromatic N) is 2. The summed E-state index contributed by atoms with van der Waals surface area (Å²) >= 11 is 0. The summed E-state index contributed by atoms with van der Waals surface area (Å²) in [4.78, 5) is 4.04. The number of rotatable bonds is 3. The van der Waals surface area contributed by atoms with Crippen LogP contribution in [0.2, 0.25) is 0 Å². The maximum atomic E-state index is 12.1. The quantitative estimate of drug-likeness (QED) is 0.784. The van der Waals surface area contributed by atoms with Crippen LogP contribution in [-0.2, 0) is 17.1 Å². The highest BCUT2D eigenvalue weighted by molar-refractivity contribution is 7.89. The third kappa shape index (κ3) is 2.85. The molecule has 0 amide bonds. The van der Waals surface area contributed by atoms with Crippen LogP contribution >= 0.6 is 0 Å². The van der Waals surface area contributed by atoms with Gasteiger partial charge in [-0.3, -0.25) is 0 Å². The maximum Gasteiger partial charge on any atom is 0.259 e. The monoisotopic (exact) mass is 258 g/mol. The number of hydrogen-bond donors (Lipinski definition) is 2. The largest absolute Gasteiger partial charge is 0.337 e. The second-order valence-corrected chi connectivity index (χ2v) is 6.06. The molecule has 1 saturated heterocycles. The summed E-state index contributed by atoms with van der Waals surface area (Å²) in [6, 6.07) is -0.0314. The van der Waals surface area contributed by atoms with E-state index < -0.39 is 10.0 Å². The maximum absolute atomic E-state index is 12.1. The zero-order valence-corrected chi connectivity index (χ0v) is 10.9. The van der Waals surface area contributed by atoms with E-state index in [1.807, 2.05) is 0 Å². The van der Waals surface area contributed by atoms with Crippen molar-refractivity contribution in [3.63, 3.8) is 0 Å². The van der Waals surface area contributed by atoms with Gasteiger partial charge in [0.05, 0.1) is 0 Å². The first-order chi connectivity index (χ1) is 7.99. The zero-order chi connectivity index (χ0) is 12.5. The minimum atomic E-state index is -3.48. The third-order valence-corrected chi connectivity index (χ3v) is 4.37. The average Bonchev–Trinajstić information content (AvgIpc) is 2.61. The fourth-order valence-corrected chi connectivity index (χ4v) is 3.20. The molecule has 0 spiro atoms. The highest BCUT2D eigenvalue weighted by atomic mass is 32.2. The Balaban J connectivity index is 2.12. The molecule has 0 unspecified atom stereocenters. The van der Waals surface area contributed by atoms with Crippen LogP contribution in [0.1, 0.15) is 18.7 Å². The van der Waals surface area contributed by atoms with Crippen LogP contribution in [0.5, 0.6) is 0 Å². The van der Waals surface area contributed by atoms with Gasteiger partial charge in [-0.05, 0) is 26.3 Å².